The van der Waals surface area contributed by atoms with E-state index in [4.69, 9.17) is 14.2 Å². The molecular weight excluding hydrogens is 352 g/mol. The highest BCUT2D eigenvalue weighted by molar-refractivity contribution is 6.07. The van der Waals surface area contributed by atoms with Gasteiger partial charge in [-0.25, -0.2) is 0 Å². The summed E-state index contributed by atoms with van der Waals surface area (Å²) in [5.74, 6) is 2.18. The maximum Gasteiger partial charge on any atom is 0.185 e. The number of benzene rings is 2. The quantitative estimate of drug-likeness (QED) is 0.402. The van der Waals surface area contributed by atoms with Gasteiger partial charge in [0.2, 0.25) is 0 Å². The van der Waals surface area contributed by atoms with Crippen molar-refractivity contribution in [3.8, 4) is 17.2 Å². The minimum absolute atomic E-state index is 0.0172. The standard InChI is InChI=1S/C24H30O4/c1-7-26-21-11-8-19(9-12-21)22(25)13-10-20-14-18(6)23(27-16(2)3)15-24(20)28-17(4)5/h8-17H,7H2,1-6H3. The summed E-state index contributed by atoms with van der Waals surface area (Å²) < 4.78 is 17.2. The molecule has 28 heavy (non-hydrogen) atoms. The first-order chi connectivity index (χ1) is 13.3. The van der Waals surface area contributed by atoms with E-state index in [1.807, 2.05) is 53.7 Å². The molecule has 0 unspecified atom stereocenters. The Morgan fingerprint density at radius 1 is 0.964 bits per heavy atom. The van der Waals surface area contributed by atoms with Gasteiger partial charge in [-0.2, -0.15) is 0 Å². The van der Waals surface area contributed by atoms with Crippen molar-refractivity contribution in [1.29, 1.82) is 0 Å². The van der Waals surface area contributed by atoms with Crippen molar-refractivity contribution in [2.45, 2.75) is 53.8 Å². The van der Waals surface area contributed by atoms with E-state index in [1.165, 1.54) is 0 Å². The Hall–Kier alpha value is -2.75. The van der Waals surface area contributed by atoms with Gasteiger partial charge < -0.3 is 14.2 Å². The van der Waals surface area contributed by atoms with Crippen molar-refractivity contribution < 1.29 is 19.0 Å². The number of allylic oxidation sites excluding steroid dienone is 1. The number of hydrogen-bond donors (Lipinski definition) is 0. The number of ketones is 1. The largest absolute Gasteiger partial charge is 0.494 e. The topological polar surface area (TPSA) is 44.8 Å². The molecule has 0 atom stereocenters. The van der Waals surface area contributed by atoms with Crippen LogP contribution in [0.2, 0.25) is 0 Å². The van der Waals surface area contributed by atoms with Gasteiger partial charge in [-0.1, -0.05) is 0 Å². The highest BCUT2D eigenvalue weighted by Crippen LogP contribution is 2.31. The first-order valence-corrected chi connectivity index (χ1v) is 9.73. The van der Waals surface area contributed by atoms with Crippen LogP contribution < -0.4 is 14.2 Å². The zero-order chi connectivity index (χ0) is 20.7. The van der Waals surface area contributed by atoms with Gasteiger partial charge >= 0.3 is 0 Å². The Labute approximate surface area is 168 Å². The molecule has 0 heterocycles. The fourth-order valence-electron chi connectivity index (χ4n) is 2.70. The highest BCUT2D eigenvalue weighted by atomic mass is 16.5. The third-order valence-corrected chi connectivity index (χ3v) is 3.90. The fraction of sp³-hybridized carbons (Fsp3) is 0.375. The second kappa shape index (κ2) is 9.98. The van der Waals surface area contributed by atoms with E-state index >= 15 is 0 Å². The molecule has 0 radical (unpaired) electrons. The molecule has 0 aliphatic heterocycles. The van der Waals surface area contributed by atoms with Crippen LogP contribution >= 0.6 is 0 Å². The molecular formula is C24H30O4. The van der Waals surface area contributed by atoms with Crippen LogP contribution in [0.3, 0.4) is 0 Å². The van der Waals surface area contributed by atoms with Gasteiger partial charge in [0.05, 0.1) is 18.8 Å². The zero-order valence-corrected chi connectivity index (χ0v) is 17.6. The van der Waals surface area contributed by atoms with Crippen LogP contribution in [0.4, 0.5) is 0 Å². The first kappa shape index (κ1) is 21.5. The predicted octanol–water partition coefficient (Wildman–Crippen LogP) is 5.86. The molecule has 0 bridgehead atoms. The Balaban J connectivity index is 2.27. The van der Waals surface area contributed by atoms with E-state index in [0.29, 0.717) is 17.9 Å². The van der Waals surface area contributed by atoms with Crippen LogP contribution in [0.1, 0.15) is 56.1 Å². The molecule has 4 heteroatoms. The molecule has 4 nitrogen and oxygen atoms in total. The lowest BCUT2D eigenvalue weighted by Crippen LogP contribution is -2.10. The maximum absolute atomic E-state index is 12.5. The third-order valence-electron chi connectivity index (χ3n) is 3.90. The lowest BCUT2D eigenvalue weighted by Gasteiger charge is -2.18. The molecule has 2 aromatic carbocycles. The third kappa shape index (κ3) is 6.15. The molecule has 2 aromatic rings. The van der Waals surface area contributed by atoms with Gasteiger partial charge in [0.15, 0.2) is 5.78 Å². The van der Waals surface area contributed by atoms with Crippen molar-refractivity contribution >= 4 is 11.9 Å². The molecule has 150 valence electrons. The highest BCUT2D eigenvalue weighted by Gasteiger charge is 2.11. The van der Waals surface area contributed by atoms with Gasteiger partial charge in [0.1, 0.15) is 17.2 Å². The van der Waals surface area contributed by atoms with Crippen molar-refractivity contribution in [3.63, 3.8) is 0 Å². The van der Waals surface area contributed by atoms with E-state index in [0.717, 1.165) is 22.6 Å². The molecule has 0 fully saturated rings. The molecule has 2 rings (SSSR count). The van der Waals surface area contributed by atoms with Crippen LogP contribution in [0, 0.1) is 6.92 Å². The van der Waals surface area contributed by atoms with E-state index in [-0.39, 0.29) is 18.0 Å². The van der Waals surface area contributed by atoms with Crippen molar-refractivity contribution in [3.05, 3.63) is 59.2 Å². The second-order valence-electron chi connectivity index (χ2n) is 7.14. The molecule has 0 aliphatic rings. The number of hydrogen-bond acceptors (Lipinski definition) is 4. The molecule has 0 saturated carbocycles. The molecule has 0 saturated heterocycles. The maximum atomic E-state index is 12.5. The predicted molar refractivity (Wildman–Crippen MR) is 114 cm³/mol. The lowest BCUT2D eigenvalue weighted by molar-refractivity contribution is 0.104. The summed E-state index contributed by atoms with van der Waals surface area (Å²) in [5, 5.41) is 0. The molecule has 0 spiro atoms. The molecule has 0 aromatic heterocycles. The van der Waals surface area contributed by atoms with E-state index in [9.17, 15) is 4.79 Å². The average Bonchev–Trinajstić information content (AvgIpc) is 2.63. The Bertz CT molecular complexity index is 817. The smallest absolute Gasteiger partial charge is 0.185 e. The Morgan fingerprint density at radius 3 is 2.14 bits per heavy atom. The number of aryl methyl sites for hydroxylation is 1. The van der Waals surface area contributed by atoms with Crippen LogP contribution in [-0.4, -0.2) is 24.6 Å². The summed E-state index contributed by atoms with van der Waals surface area (Å²) in [6, 6.07) is 11.0. The monoisotopic (exact) mass is 382 g/mol. The number of rotatable bonds is 9. The summed E-state index contributed by atoms with van der Waals surface area (Å²) in [6.45, 7) is 12.4. The SMILES string of the molecule is CCOc1ccc(C(=O)C=Cc2cc(C)c(OC(C)C)cc2OC(C)C)cc1. The molecule has 0 amide bonds. The Morgan fingerprint density at radius 2 is 1.57 bits per heavy atom. The summed E-state index contributed by atoms with van der Waals surface area (Å²) in [5.41, 5.74) is 2.46. The van der Waals surface area contributed by atoms with Gasteiger partial charge in [-0.15, -0.1) is 0 Å². The average molecular weight is 383 g/mol. The normalized spacial score (nSPS) is 11.3. The van der Waals surface area contributed by atoms with Crippen LogP contribution in [-0.2, 0) is 0 Å². The van der Waals surface area contributed by atoms with Crippen molar-refractivity contribution in [2.24, 2.45) is 0 Å². The lowest BCUT2D eigenvalue weighted by atomic mass is 10.1. The van der Waals surface area contributed by atoms with Gasteiger partial charge in [0.25, 0.3) is 0 Å². The number of ether oxygens (including phenoxy) is 3. The molecule has 0 aliphatic carbocycles. The minimum Gasteiger partial charge on any atom is -0.494 e. The summed E-state index contributed by atoms with van der Waals surface area (Å²) >= 11 is 0. The summed E-state index contributed by atoms with van der Waals surface area (Å²) in [7, 11) is 0. The van der Waals surface area contributed by atoms with Crippen molar-refractivity contribution in [2.75, 3.05) is 6.61 Å². The van der Waals surface area contributed by atoms with Gasteiger partial charge in [-0.05, 0) is 89.6 Å². The van der Waals surface area contributed by atoms with Crippen LogP contribution in [0.5, 0.6) is 17.2 Å². The second-order valence-corrected chi connectivity index (χ2v) is 7.14. The molecule has 0 N–H and O–H groups in total. The van der Waals surface area contributed by atoms with Gasteiger partial charge in [0, 0.05) is 17.2 Å². The van der Waals surface area contributed by atoms with Crippen LogP contribution in [0.15, 0.2) is 42.5 Å². The summed E-state index contributed by atoms with van der Waals surface area (Å²) in [6.07, 6.45) is 3.46. The minimum atomic E-state index is -0.0706. The Kier molecular flexibility index (Phi) is 7.68. The zero-order valence-electron chi connectivity index (χ0n) is 17.6. The fourth-order valence-corrected chi connectivity index (χ4v) is 2.70. The number of carbonyl (C=O) groups is 1. The van der Waals surface area contributed by atoms with Gasteiger partial charge in [-0.3, -0.25) is 4.79 Å². The number of carbonyl (C=O) groups excluding carboxylic acids is 1. The van der Waals surface area contributed by atoms with Crippen LogP contribution in [0.25, 0.3) is 6.08 Å². The summed E-state index contributed by atoms with van der Waals surface area (Å²) in [4.78, 5) is 12.5. The van der Waals surface area contributed by atoms with E-state index in [2.05, 4.69) is 0 Å². The first-order valence-electron chi connectivity index (χ1n) is 9.73. The van der Waals surface area contributed by atoms with E-state index < -0.39 is 0 Å². The van der Waals surface area contributed by atoms with E-state index in [1.54, 1.807) is 36.4 Å². The van der Waals surface area contributed by atoms with Crippen molar-refractivity contribution in [1.82, 2.24) is 0 Å².